The van der Waals surface area contributed by atoms with Gasteiger partial charge in [0, 0.05) is 19.3 Å². The highest BCUT2D eigenvalue weighted by Gasteiger charge is 2.28. The lowest BCUT2D eigenvalue weighted by molar-refractivity contribution is 0.220. The third-order valence-electron chi connectivity index (χ3n) is 4.66. The smallest absolute Gasteiger partial charge is 0.139 e. The maximum absolute atomic E-state index is 7.84. The molecule has 0 spiro atoms. The van der Waals surface area contributed by atoms with E-state index in [1.807, 2.05) is 19.2 Å². The average Bonchev–Trinajstić information content (AvgIpc) is 2.63. The number of anilines is 1. The second-order valence-electron chi connectivity index (χ2n) is 7.22. The van der Waals surface area contributed by atoms with Crippen molar-refractivity contribution >= 4 is 11.7 Å². The first-order valence-corrected chi connectivity index (χ1v) is 7.85. The summed E-state index contributed by atoms with van der Waals surface area (Å²) in [5.74, 6) is 1.75. The number of nitrogens with two attached hydrogens (primary N) is 1. The van der Waals surface area contributed by atoms with Crippen LogP contribution in [0.3, 0.4) is 0 Å². The van der Waals surface area contributed by atoms with E-state index in [-0.39, 0.29) is 5.84 Å². The topological polar surface area (TPSA) is 66.0 Å². The highest BCUT2D eigenvalue weighted by Crippen LogP contribution is 2.35. The van der Waals surface area contributed by atoms with Gasteiger partial charge in [-0.25, -0.2) is 4.98 Å². The molecular weight excluding hydrogens is 260 g/mol. The highest BCUT2D eigenvalue weighted by molar-refractivity contribution is 6.01. The van der Waals surface area contributed by atoms with Crippen LogP contribution in [0, 0.1) is 23.7 Å². The van der Waals surface area contributed by atoms with E-state index in [4.69, 9.17) is 11.1 Å². The SMILES string of the molecule is Cc1ccnc(N2CCCC(C(C)(C)C)CC2)c1C(=N)N. The van der Waals surface area contributed by atoms with Gasteiger partial charge in [0.1, 0.15) is 11.7 Å². The molecule has 1 aromatic rings. The van der Waals surface area contributed by atoms with Crippen molar-refractivity contribution in [1.82, 2.24) is 4.98 Å². The molecule has 4 nitrogen and oxygen atoms in total. The Morgan fingerprint density at radius 3 is 2.67 bits per heavy atom. The van der Waals surface area contributed by atoms with E-state index < -0.39 is 0 Å². The number of nitrogen functional groups attached to an aromatic ring is 1. The fraction of sp³-hybridized carbons (Fsp3) is 0.647. The van der Waals surface area contributed by atoms with Crippen LogP contribution in [-0.4, -0.2) is 23.9 Å². The number of aryl methyl sites for hydroxylation is 1. The predicted molar refractivity (Wildman–Crippen MR) is 89.0 cm³/mol. The summed E-state index contributed by atoms with van der Waals surface area (Å²) in [7, 11) is 0. The zero-order valence-corrected chi connectivity index (χ0v) is 13.7. The summed E-state index contributed by atoms with van der Waals surface area (Å²) in [5, 5.41) is 7.84. The molecular formula is C17H28N4. The Morgan fingerprint density at radius 2 is 2.05 bits per heavy atom. The molecule has 1 saturated heterocycles. The van der Waals surface area contributed by atoms with Crippen molar-refractivity contribution in [2.45, 2.75) is 47.0 Å². The highest BCUT2D eigenvalue weighted by atomic mass is 15.2. The third kappa shape index (κ3) is 3.55. The lowest BCUT2D eigenvalue weighted by Crippen LogP contribution is -2.30. The lowest BCUT2D eigenvalue weighted by atomic mass is 9.77. The van der Waals surface area contributed by atoms with Crippen molar-refractivity contribution in [3.8, 4) is 0 Å². The van der Waals surface area contributed by atoms with Gasteiger partial charge in [-0.15, -0.1) is 0 Å². The molecule has 2 heterocycles. The van der Waals surface area contributed by atoms with Gasteiger partial charge < -0.3 is 10.6 Å². The van der Waals surface area contributed by atoms with Crippen molar-refractivity contribution in [2.75, 3.05) is 18.0 Å². The standard InChI is InChI=1S/C17H28N4/c1-12-7-9-20-16(14(12)15(18)19)21-10-5-6-13(8-11-21)17(2,3)4/h7,9,13H,5-6,8,10-11H2,1-4H3,(H3,18,19). The molecule has 1 unspecified atom stereocenters. The minimum absolute atomic E-state index is 0.118. The first-order chi connectivity index (χ1) is 9.80. The zero-order valence-electron chi connectivity index (χ0n) is 13.7. The maximum atomic E-state index is 7.84. The van der Waals surface area contributed by atoms with Gasteiger partial charge in [-0.1, -0.05) is 20.8 Å². The Kier molecular flexibility index (Phi) is 4.55. The van der Waals surface area contributed by atoms with Crippen molar-refractivity contribution in [3.05, 3.63) is 23.4 Å². The number of aromatic nitrogens is 1. The normalized spacial score (nSPS) is 20.2. The van der Waals surface area contributed by atoms with E-state index in [9.17, 15) is 0 Å². The molecule has 0 amide bonds. The van der Waals surface area contributed by atoms with Crippen LogP contribution in [0.15, 0.2) is 12.3 Å². The fourth-order valence-electron chi connectivity index (χ4n) is 3.29. The van der Waals surface area contributed by atoms with Crippen LogP contribution in [0.2, 0.25) is 0 Å². The van der Waals surface area contributed by atoms with E-state index in [2.05, 4.69) is 30.7 Å². The quantitative estimate of drug-likeness (QED) is 0.648. The average molecular weight is 288 g/mol. The first-order valence-electron chi connectivity index (χ1n) is 7.85. The van der Waals surface area contributed by atoms with E-state index in [0.29, 0.717) is 5.41 Å². The summed E-state index contributed by atoms with van der Waals surface area (Å²) >= 11 is 0. The van der Waals surface area contributed by atoms with Gasteiger partial charge in [0.25, 0.3) is 0 Å². The Bertz CT molecular complexity index is 516. The van der Waals surface area contributed by atoms with Crippen LogP contribution in [0.25, 0.3) is 0 Å². The number of rotatable bonds is 2. The Morgan fingerprint density at radius 1 is 1.33 bits per heavy atom. The number of nitrogens with zero attached hydrogens (tertiary/aromatic N) is 2. The maximum Gasteiger partial charge on any atom is 0.139 e. The Labute approximate surface area is 128 Å². The summed E-state index contributed by atoms with van der Waals surface area (Å²) in [6.07, 6.45) is 5.44. The lowest BCUT2D eigenvalue weighted by Gasteiger charge is -2.30. The van der Waals surface area contributed by atoms with Gasteiger partial charge in [0.05, 0.1) is 5.56 Å². The molecule has 0 bridgehead atoms. The molecule has 2 rings (SSSR count). The number of pyridine rings is 1. The zero-order chi connectivity index (χ0) is 15.6. The number of amidine groups is 1. The van der Waals surface area contributed by atoms with Gasteiger partial charge in [0.2, 0.25) is 0 Å². The van der Waals surface area contributed by atoms with Gasteiger partial charge >= 0.3 is 0 Å². The van der Waals surface area contributed by atoms with E-state index in [1.54, 1.807) is 0 Å². The summed E-state index contributed by atoms with van der Waals surface area (Å²) in [6.45, 7) is 11.0. The summed E-state index contributed by atoms with van der Waals surface area (Å²) in [5.41, 5.74) is 7.96. The third-order valence-corrected chi connectivity index (χ3v) is 4.66. The minimum Gasteiger partial charge on any atom is -0.384 e. The molecule has 0 saturated carbocycles. The van der Waals surface area contributed by atoms with Gasteiger partial charge in [-0.2, -0.15) is 0 Å². The van der Waals surface area contributed by atoms with E-state index in [1.165, 1.54) is 19.3 Å². The van der Waals surface area contributed by atoms with Crippen LogP contribution < -0.4 is 10.6 Å². The number of hydrogen-bond donors (Lipinski definition) is 2. The van der Waals surface area contributed by atoms with Crippen LogP contribution in [-0.2, 0) is 0 Å². The summed E-state index contributed by atoms with van der Waals surface area (Å²) in [6, 6.07) is 1.93. The Hall–Kier alpha value is -1.58. The van der Waals surface area contributed by atoms with Crippen molar-refractivity contribution in [2.24, 2.45) is 17.1 Å². The van der Waals surface area contributed by atoms with Crippen LogP contribution in [0.4, 0.5) is 5.82 Å². The molecule has 1 aromatic heterocycles. The summed E-state index contributed by atoms with van der Waals surface area (Å²) in [4.78, 5) is 6.83. The van der Waals surface area contributed by atoms with Gasteiger partial charge in [-0.3, -0.25) is 5.41 Å². The first kappa shape index (κ1) is 15.8. The summed E-state index contributed by atoms with van der Waals surface area (Å²) < 4.78 is 0. The number of hydrogen-bond acceptors (Lipinski definition) is 3. The molecule has 116 valence electrons. The number of nitrogens with one attached hydrogen (secondary N) is 1. The monoisotopic (exact) mass is 288 g/mol. The molecule has 1 aliphatic heterocycles. The molecule has 0 aliphatic carbocycles. The van der Waals surface area contributed by atoms with Gasteiger partial charge in [0.15, 0.2) is 0 Å². The van der Waals surface area contributed by atoms with Crippen LogP contribution in [0.1, 0.15) is 51.2 Å². The van der Waals surface area contributed by atoms with Crippen LogP contribution >= 0.6 is 0 Å². The molecule has 1 aliphatic rings. The molecule has 0 aromatic carbocycles. The molecule has 4 heteroatoms. The Balaban J connectivity index is 2.24. The van der Waals surface area contributed by atoms with Crippen molar-refractivity contribution in [3.63, 3.8) is 0 Å². The largest absolute Gasteiger partial charge is 0.384 e. The van der Waals surface area contributed by atoms with Crippen molar-refractivity contribution < 1.29 is 0 Å². The fourth-order valence-corrected chi connectivity index (χ4v) is 3.29. The predicted octanol–water partition coefficient (Wildman–Crippen LogP) is 3.33. The minimum atomic E-state index is 0.118. The second kappa shape index (κ2) is 6.04. The molecule has 1 fully saturated rings. The molecule has 1 atom stereocenters. The van der Waals surface area contributed by atoms with Gasteiger partial charge in [-0.05, 0) is 49.1 Å². The van der Waals surface area contributed by atoms with Crippen LogP contribution in [0.5, 0.6) is 0 Å². The molecule has 21 heavy (non-hydrogen) atoms. The van der Waals surface area contributed by atoms with E-state index in [0.717, 1.165) is 36.0 Å². The second-order valence-corrected chi connectivity index (χ2v) is 7.22. The van der Waals surface area contributed by atoms with E-state index >= 15 is 0 Å². The molecule has 0 radical (unpaired) electrons. The molecule has 3 N–H and O–H groups in total. The van der Waals surface area contributed by atoms with Crippen molar-refractivity contribution in [1.29, 1.82) is 5.41 Å².